The van der Waals surface area contributed by atoms with Crippen molar-refractivity contribution >= 4 is 11.1 Å². The van der Waals surface area contributed by atoms with Gasteiger partial charge in [0.1, 0.15) is 0 Å². The van der Waals surface area contributed by atoms with Gasteiger partial charge in [0.15, 0.2) is 5.58 Å². The van der Waals surface area contributed by atoms with Crippen LogP contribution in [0, 0.1) is 0 Å². The van der Waals surface area contributed by atoms with Gasteiger partial charge >= 0.3 is 5.76 Å². The standard InChI is InChI=1S/C17H18N2O2/c1-19(12-14-5-3-2-4-6-14)10-9-13-7-8-15-16(11-13)21-17(20)18-15/h2-8,11H,9-10,12H2,1H3,(H,18,20). The summed E-state index contributed by atoms with van der Waals surface area (Å²) in [4.78, 5) is 16.1. The summed E-state index contributed by atoms with van der Waals surface area (Å²) in [5.41, 5.74) is 3.86. The van der Waals surface area contributed by atoms with Gasteiger partial charge in [0.25, 0.3) is 0 Å². The maximum Gasteiger partial charge on any atom is 0.417 e. The summed E-state index contributed by atoms with van der Waals surface area (Å²) in [7, 11) is 2.11. The zero-order valence-corrected chi connectivity index (χ0v) is 12.0. The second-order valence-electron chi connectivity index (χ2n) is 5.32. The summed E-state index contributed by atoms with van der Waals surface area (Å²) < 4.78 is 5.09. The number of hydrogen-bond acceptors (Lipinski definition) is 3. The average Bonchev–Trinajstić information content (AvgIpc) is 2.85. The van der Waals surface area contributed by atoms with Crippen molar-refractivity contribution in [2.45, 2.75) is 13.0 Å². The number of rotatable bonds is 5. The van der Waals surface area contributed by atoms with Gasteiger partial charge in [-0.25, -0.2) is 4.79 Å². The lowest BCUT2D eigenvalue weighted by molar-refractivity contribution is 0.331. The molecule has 2 aromatic carbocycles. The van der Waals surface area contributed by atoms with E-state index in [1.54, 1.807) is 0 Å². The minimum Gasteiger partial charge on any atom is -0.408 e. The van der Waals surface area contributed by atoms with E-state index in [0.717, 1.165) is 25.0 Å². The highest BCUT2D eigenvalue weighted by atomic mass is 16.4. The van der Waals surface area contributed by atoms with Crippen LogP contribution in [0.4, 0.5) is 0 Å². The zero-order chi connectivity index (χ0) is 14.7. The molecule has 0 saturated carbocycles. The summed E-state index contributed by atoms with van der Waals surface area (Å²) in [6, 6.07) is 16.3. The summed E-state index contributed by atoms with van der Waals surface area (Å²) in [6.45, 7) is 1.89. The number of nitrogens with zero attached hydrogens (tertiary/aromatic N) is 1. The van der Waals surface area contributed by atoms with E-state index < -0.39 is 5.76 Å². The minimum absolute atomic E-state index is 0.400. The van der Waals surface area contributed by atoms with E-state index in [-0.39, 0.29) is 0 Å². The third kappa shape index (κ3) is 3.41. The van der Waals surface area contributed by atoms with E-state index in [9.17, 15) is 4.79 Å². The van der Waals surface area contributed by atoms with Gasteiger partial charge in [-0.3, -0.25) is 4.98 Å². The molecule has 4 nitrogen and oxygen atoms in total. The number of aromatic amines is 1. The summed E-state index contributed by atoms with van der Waals surface area (Å²) in [5, 5.41) is 0. The number of fused-ring (bicyclic) bond motifs is 1. The van der Waals surface area contributed by atoms with Gasteiger partial charge in [0.2, 0.25) is 0 Å². The van der Waals surface area contributed by atoms with Gasteiger partial charge in [-0.05, 0) is 36.7 Å². The van der Waals surface area contributed by atoms with Gasteiger partial charge in [-0.2, -0.15) is 0 Å². The Morgan fingerprint density at radius 1 is 1.10 bits per heavy atom. The fourth-order valence-corrected chi connectivity index (χ4v) is 2.44. The van der Waals surface area contributed by atoms with Crippen LogP contribution in [0.15, 0.2) is 57.7 Å². The van der Waals surface area contributed by atoms with Crippen molar-refractivity contribution in [1.82, 2.24) is 9.88 Å². The molecule has 0 unspecified atom stereocenters. The second-order valence-corrected chi connectivity index (χ2v) is 5.32. The molecule has 0 aliphatic rings. The third-order valence-corrected chi connectivity index (χ3v) is 3.56. The maximum absolute atomic E-state index is 11.1. The molecule has 0 aliphatic heterocycles. The maximum atomic E-state index is 11.1. The first-order chi connectivity index (χ1) is 10.2. The highest BCUT2D eigenvalue weighted by Crippen LogP contribution is 2.13. The molecule has 0 radical (unpaired) electrons. The van der Waals surface area contributed by atoms with Gasteiger partial charge < -0.3 is 9.32 Å². The number of likely N-dealkylation sites (N-methyl/N-ethyl adjacent to an activating group) is 1. The minimum atomic E-state index is -0.400. The third-order valence-electron chi connectivity index (χ3n) is 3.56. The molecule has 4 heteroatoms. The monoisotopic (exact) mass is 282 g/mol. The molecule has 108 valence electrons. The molecule has 1 N–H and O–H groups in total. The van der Waals surface area contributed by atoms with Gasteiger partial charge in [0, 0.05) is 13.1 Å². The van der Waals surface area contributed by atoms with Crippen LogP contribution in [-0.2, 0) is 13.0 Å². The Morgan fingerprint density at radius 3 is 2.71 bits per heavy atom. The first-order valence-corrected chi connectivity index (χ1v) is 7.05. The molecule has 0 atom stereocenters. The van der Waals surface area contributed by atoms with Crippen LogP contribution in [0.5, 0.6) is 0 Å². The Hall–Kier alpha value is -2.33. The van der Waals surface area contributed by atoms with Crippen LogP contribution in [-0.4, -0.2) is 23.5 Å². The van der Waals surface area contributed by atoms with Crippen molar-refractivity contribution in [3.8, 4) is 0 Å². The van der Waals surface area contributed by atoms with E-state index in [0.29, 0.717) is 5.58 Å². The lowest BCUT2D eigenvalue weighted by Gasteiger charge is -2.16. The quantitative estimate of drug-likeness (QED) is 0.783. The van der Waals surface area contributed by atoms with Crippen molar-refractivity contribution in [1.29, 1.82) is 0 Å². The van der Waals surface area contributed by atoms with Gasteiger partial charge in [-0.15, -0.1) is 0 Å². The topological polar surface area (TPSA) is 49.2 Å². The van der Waals surface area contributed by atoms with Crippen LogP contribution < -0.4 is 5.76 Å². The Labute approximate surface area is 123 Å². The van der Waals surface area contributed by atoms with E-state index in [4.69, 9.17) is 4.42 Å². The predicted molar refractivity (Wildman–Crippen MR) is 83.3 cm³/mol. The lowest BCUT2D eigenvalue weighted by Crippen LogP contribution is -2.20. The Morgan fingerprint density at radius 2 is 1.90 bits per heavy atom. The summed E-state index contributed by atoms with van der Waals surface area (Å²) in [6.07, 6.45) is 0.925. The number of oxazole rings is 1. The fraction of sp³-hybridized carbons (Fsp3) is 0.235. The first kappa shape index (κ1) is 13.6. The van der Waals surface area contributed by atoms with Gasteiger partial charge in [-0.1, -0.05) is 36.4 Å². The SMILES string of the molecule is CN(CCc1ccc2[nH]c(=O)oc2c1)Cc1ccccc1. The van der Waals surface area contributed by atoms with E-state index in [1.165, 1.54) is 11.1 Å². The van der Waals surface area contributed by atoms with E-state index in [1.807, 2.05) is 24.3 Å². The predicted octanol–water partition coefficient (Wildman–Crippen LogP) is 2.80. The number of nitrogens with one attached hydrogen (secondary N) is 1. The zero-order valence-electron chi connectivity index (χ0n) is 12.0. The second kappa shape index (κ2) is 5.97. The highest BCUT2D eigenvalue weighted by Gasteiger charge is 2.04. The normalized spacial score (nSPS) is 11.3. The van der Waals surface area contributed by atoms with Crippen LogP contribution in [0.2, 0.25) is 0 Å². The molecule has 0 amide bonds. The van der Waals surface area contributed by atoms with Crippen molar-refractivity contribution in [2.75, 3.05) is 13.6 Å². The van der Waals surface area contributed by atoms with Crippen LogP contribution in [0.3, 0.4) is 0 Å². The molecular formula is C17H18N2O2. The Kier molecular flexibility index (Phi) is 3.88. The van der Waals surface area contributed by atoms with Crippen molar-refractivity contribution < 1.29 is 4.42 Å². The fourth-order valence-electron chi connectivity index (χ4n) is 2.44. The molecule has 0 bridgehead atoms. The van der Waals surface area contributed by atoms with Crippen LogP contribution >= 0.6 is 0 Å². The van der Waals surface area contributed by atoms with Crippen LogP contribution in [0.25, 0.3) is 11.1 Å². The average molecular weight is 282 g/mol. The highest BCUT2D eigenvalue weighted by molar-refractivity contribution is 5.72. The Bertz CT molecular complexity index is 774. The van der Waals surface area contributed by atoms with Gasteiger partial charge in [0.05, 0.1) is 5.52 Å². The smallest absolute Gasteiger partial charge is 0.408 e. The molecule has 21 heavy (non-hydrogen) atoms. The Balaban J connectivity index is 1.61. The summed E-state index contributed by atoms with van der Waals surface area (Å²) in [5.74, 6) is -0.400. The van der Waals surface area contributed by atoms with Crippen LogP contribution in [0.1, 0.15) is 11.1 Å². The number of H-pyrrole nitrogens is 1. The van der Waals surface area contributed by atoms with Crippen molar-refractivity contribution in [3.05, 3.63) is 70.2 Å². The van der Waals surface area contributed by atoms with E-state index in [2.05, 4.69) is 41.2 Å². The number of hydrogen-bond donors (Lipinski definition) is 1. The molecule has 0 spiro atoms. The molecule has 1 heterocycles. The number of aromatic nitrogens is 1. The lowest BCUT2D eigenvalue weighted by atomic mass is 10.1. The molecule has 0 saturated heterocycles. The first-order valence-electron chi connectivity index (χ1n) is 7.05. The molecule has 0 fully saturated rings. The molecular weight excluding hydrogens is 264 g/mol. The largest absolute Gasteiger partial charge is 0.417 e. The number of benzene rings is 2. The molecule has 3 aromatic rings. The molecule has 1 aromatic heterocycles. The van der Waals surface area contributed by atoms with Crippen molar-refractivity contribution in [2.24, 2.45) is 0 Å². The molecule has 3 rings (SSSR count). The van der Waals surface area contributed by atoms with Crippen molar-refractivity contribution in [3.63, 3.8) is 0 Å². The molecule has 0 aliphatic carbocycles. The van der Waals surface area contributed by atoms with E-state index >= 15 is 0 Å². The summed E-state index contributed by atoms with van der Waals surface area (Å²) >= 11 is 0.